The molecule has 0 bridgehead atoms. The number of hydrogen-bond acceptors (Lipinski definition) is 1. The summed E-state index contributed by atoms with van der Waals surface area (Å²) in [5.41, 5.74) is 5.54. The van der Waals surface area contributed by atoms with Crippen molar-refractivity contribution in [1.82, 2.24) is 5.32 Å². The Morgan fingerprint density at radius 1 is 1.05 bits per heavy atom. The smallest absolute Gasteiger partial charge is 0.275 e. The zero-order valence-electron chi connectivity index (χ0n) is 11.8. The minimum absolute atomic E-state index is 0.0349. The summed E-state index contributed by atoms with van der Waals surface area (Å²) in [6.45, 7) is 2.31. The fraction of sp³-hybridized carbons (Fsp3) is 0.235. The first-order valence-corrected chi connectivity index (χ1v) is 6.84. The van der Waals surface area contributed by atoms with E-state index < -0.39 is 5.54 Å². The van der Waals surface area contributed by atoms with Crippen LogP contribution in [0.5, 0.6) is 0 Å². The summed E-state index contributed by atoms with van der Waals surface area (Å²) < 4.78 is 0. The molecular formula is C17H21N2O+. The molecule has 3 heteroatoms. The lowest BCUT2D eigenvalue weighted by Gasteiger charge is -2.31. The quantitative estimate of drug-likeness (QED) is 0.849. The normalized spacial score (nSPS) is 13.5. The van der Waals surface area contributed by atoms with Crippen molar-refractivity contribution in [1.29, 1.82) is 0 Å². The van der Waals surface area contributed by atoms with Gasteiger partial charge in [-0.1, -0.05) is 60.7 Å². The molecule has 1 atom stereocenters. The van der Waals surface area contributed by atoms with Gasteiger partial charge >= 0.3 is 0 Å². The minimum Gasteiger partial charge on any atom is -0.350 e. The standard InChI is InChI=1S/C17H20N2O/c1-17(19-16(20)13-18,15-10-6-3-7-11-15)12-14-8-4-2-5-9-14/h2-11H,12-13,18H2,1H3,(H,19,20)/p+1/t17-/m1/s1. The summed E-state index contributed by atoms with van der Waals surface area (Å²) in [6.07, 6.45) is 0.754. The first-order chi connectivity index (χ1) is 9.64. The maximum Gasteiger partial charge on any atom is 0.275 e. The molecule has 0 aliphatic rings. The Morgan fingerprint density at radius 3 is 2.15 bits per heavy atom. The van der Waals surface area contributed by atoms with Crippen LogP contribution in [0.2, 0.25) is 0 Å². The molecule has 4 N–H and O–H groups in total. The number of benzene rings is 2. The van der Waals surface area contributed by atoms with Crippen LogP contribution in [-0.2, 0) is 16.8 Å². The van der Waals surface area contributed by atoms with Crippen LogP contribution in [0, 0.1) is 0 Å². The van der Waals surface area contributed by atoms with E-state index in [1.807, 2.05) is 48.5 Å². The summed E-state index contributed by atoms with van der Waals surface area (Å²) in [4.78, 5) is 11.8. The lowest BCUT2D eigenvalue weighted by Crippen LogP contribution is -2.60. The Labute approximate surface area is 119 Å². The van der Waals surface area contributed by atoms with Crippen LogP contribution in [0.3, 0.4) is 0 Å². The molecule has 0 fully saturated rings. The second kappa shape index (κ2) is 6.35. The molecule has 0 heterocycles. The van der Waals surface area contributed by atoms with E-state index in [4.69, 9.17) is 0 Å². The lowest BCUT2D eigenvalue weighted by atomic mass is 9.85. The van der Waals surface area contributed by atoms with Crippen LogP contribution in [0.1, 0.15) is 18.1 Å². The number of carbonyl (C=O) groups is 1. The summed E-state index contributed by atoms with van der Waals surface area (Å²) >= 11 is 0. The fourth-order valence-corrected chi connectivity index (χ4v) is 2.40. The van der Waals surface area contributed by atoms with Crippen molar-refractivity contribution in [2.45, 2.75) is 18.9 Å². The van der Waals surface area contributed by atoms with E-state index in [0.29, 0.717) is 0 Å². The zero-order chi connectivity index (χ0) is 14.4. The SMILES string of the molecule is C[C@](Cc1ccccc1)(NC(=O)C[NH3+])c1ccccc1. The van der Waals surface area contributed by atoms with Crippen molar-refractivity contribution < 1.29 is 10.5 Å². The minimum atomic E-state index is -0.419. The van der Waals surface area contributed by atoms with E-state index in [1.54, 1.807) is 0 Å². The summed E-state index contributed by atoms with van der Waals surface area (Å²) in [5.74, 6) is -0.0349. The van der Waals surface area contributed by atoms with Gasteiger partial charge in [0.15, 0.2) is 6.54 Å². The van der Waals surface area contributed by atoms with Crippen LogP contribution in [0.25, 0.3) is 0 Å². The van der Waals surface area contributed by atoms with Gasteiger partial charge in [-0.3, -0.25) is 4.79 Å². The zero-order valence-corrected chi connectivity index (χ0v) is 11.8. The van der Waals surface area contributed by atoms with Gasteiger partial charge in [0.25, 0.3) is 5.91 Å². The fourth-order valence-electron chi connectivity index (χ4n) is 2.40. The Kier molecular flexibility index (Phi) is 4.53. The van der Waals surface area contributed by atoms with Gasteiger partial charge < -0.3 is 11.1 Å². The molecule has 0 unspecified atom stereocenters. The van der Waals surface area contributed by atoms with Gasteiger partial charge in [0, 0.05) is 0 Å². The largest absolute Gasteiger partial charge is 0.350 e. The van der Waals surface area contributed by atoms with Crippen molar-refractivity contribution >= 4 is 5.91 Å². The second-order valence-corrected chi connectivity index (χ2v) is 5.16. The van der Waals surface area contributed by atoms with Crippen molar-refractivity contribution in [2.75, 3.05) is 6.54 Å². The molecule has 0 aliphatic carbocycles. The molecule has 0 spiro atoms. The van der Waals surface area contributed by atoms with Gasteiger partial charge in [-0.15, -0.1) is 0 Å². The predicted molar refractivity (Wildman–Crippen MR) is 79.8 cm³/mol. The summed E-state index contributed by atoms with van der Waals surface area (Å²) in [6, 6.07) is 20.3. The predicted octanol–water partition coefficient (Wildman–Crippen LogP) is 1.50. The maximum atomic E-state index is 11.8. The van der Waals surface area contributed by atoms with Gasteiger partial charge in [0.2, 0.25) is 0 Å². The van der Waals surface area contributed by atoms with E-state index in [0.717, 1.165) is 12.0 Å². The third-order valence-electron chi connectivity index (χ3n) is 3.45. The Morgan fingerprint density at radius 2 is 1.60 bits per heavy atom. The highest BCUT2D eigenvalue weighted by molar-refractivity contribution is 5.77. The van der Waals surface area contributed by atoms with E-state index in [-0.39, 0.29) is 12.5 Å². The summed E-state index contributed by atoms with van der Waals surface area (Å²) in [5, 5.41) is 3.11. The number of rotatable bonds is 5. The van der Waals surface area contributed by atoms with Crippen LogP contribution in [-0.4, -0.2) is 12.5 Å². The average molecular weight is 269 g/mol. The monoisotopic (exact) mass is 269 g/mol. The van der Waals surface area contributed by atoms with Crippen molar-refractivity contribution in [3.63, 3.8) is 0 Å². The number of quaternary nitrogens is 1. The molecule has 2 aromatic carbocycles. The van der Waals surface area contributed by atoms with Gasteiger partial charge in [-0.05, 0) is 24.5 Å². The van der Waals surface area contributed by atoms with E-state index >= 15 is 0 Å². The van der Waals surface area contributed by atoms with Crippen molar-refractivity contribution in [3.8, 4) is 0 Å². The molecule has 0 radical (unpaired) electrons. The Balaban J connectivity index is 2.31. The van der Waals surface area contributed by atoms with E-state index in [2.05, 4.69) is 30.1 Å². The first kappa shape index (κ1) is 14.3. The van der Waals surface area contributed by atoms with Crippen LogP contribution >= 0.6 is 0 Å². The van der Waals surface area contributed by atoms with Crippen LogP contribution in [0.4, 0.5) is 0 Å². The average Bonchev–Trinajstić information content (AvgIpc) is 2.49. The molecule has 1 amide bonds. The highest BCUT2D eigenvalue weighted by atomic mass is 16.2. The topological polar surface area (TPSA) is 56.7 Å². The van der Waals surface area contributed by atoms with Crippen molar-refractivity contribution in [2.24, 2.45) is 0 Å². The van der Waals surface area contributed by atoms with Crippen molar-refractivity contribution in [3.05, 3.63) is 71.8 Å². The maximum absolute atomic E-state index is 11.8. The molecule has 0 saturated heterocycles. The molecule has 3 nitrogen and oxygen atoms in total. The lowest BCUT2D eigenvalue weighted by molar-refractivity contribution is -0.355. The van der Waals surface area contributed by atoms with Crippen LogP contribution in [0.15, 0.2) is 60.7 Å². The van der Waals surface area contributed by atoms with Gasteiger partial charge in [-0.2, -0.15) is 0 Å². The highest BCUT2D eigenvalue weighted by Gasteiger charge is 2.28. The van der Waals surface area contributed by atoms with Crippen LogP contribution < -0.4 is 11.1 Å². The molecule has 0 aliphatic heterocycles. The molecule has 104 valence electrons. The molecule has 2 rings (SSSR count). The molecule has 0 saturated carbocycles. The first-order valence-electron chi connectivity index (χ1n) is 6.84. The Hall–Kier alpha value is -2.13. The van der Waals surface area contributed by atoms with Gasteiger partial charge in [0.05, 0.1) is 5.54 Å². The highest BCUT2D eigenvalue weighted by Crippen LogP contribution is 2.25. The Bertz CT molecular complexity index is 554. The molecular weight excluding hydrogens is 248 g/mol. The number of amides is 1. The molecule has 20 heavy (non-hydrogen) atoms. The van der Waals surface area contributed by atoms with E-state index in [1.165, 1.54) is 5.56 Å². The number of carbonyl (C=O) groups excluding carboxylic acids is 1. The third kappa shape index (κ3) is 3.45. The molecule has 0 aromatic heterocycles. The van der Waals surface area contributed by atoms with E-state index in [9.17, 15) is 4.79 Å². The van der Waals surface area contributed by atoms with Gasteiger partial charge in [-0.25, -0.2) is 0 Å². The number of nitrogens with one attached hydrogen (secondary N) is 1. The number of hydrogen-bond donors (Lipinski definition) is 2. The van der Waals surface area contributed by atoms with Gasteiger partial charge in [0.1, 0.15) is 0 Å². The molecule has 2 aromatic rings. The second-order valence-electron chi connectivity index (χ2n) is 5.16. The summed E-state index contributed by atoms with van der Waals surface area (Å²) in [7, 11) is 0. The third-order valence-corrected chi connectivity index (χ3v) is 3.45.